The number of hydrogen-bond donors (Lipinski definition) is 1. The van der Waals surface area contributed by atoms with Crippen LogP contribution in [-0.4, -0.2) is 53.6 Å². The lowest BCUT2D eigenvalue weighted by molar-refractivity contribution is -0.140. The smallest absolute Gasteiger partial charge is 0.336 e. The summed E-state index contributed by atoms with van der Waals surface area (Å²) in [5, 5.41) is 2.14. The Morgan fingerprint density at radius 1 is 1.15 bits per heavy atom. The Bertz CT molecular complexity index is 748. The van der Waals surface area contributed by atoms with Crippen LogP contribution in [0.3, 0.4) is 0 Å². The lowest BCUT2D eigenvalue weighted by atomic mass is 10.1. The molecule has 146 valence electrons. The molecule has 1 N–H and O–H groups in total. The third-order valence-electron chi connectivity index (χ3n) is 4.02. The molecule has 0 aromatic heterocycles. The zero-order valence-electron chi connectivity index (χ0n) is 14.5. The first-order chi connectivity index (χ1) is 12.6. The number of carbonyl (C=O) groups is 4. The van der Waals surface area contributed by atoms with Crippen LogP contribution in [0.1, 0.15) is 24.8 Å². The molecule has 1 heterocycles. The van der Waals surface area contributed by atoms with Gasteiger partial charge in [0, 0.05) is 32.9 Å². The first kappa shape index (κ1) is 20.4. The van der Waals surface area contributed by atoms with Crippen LogP contribution in [-0.2, 0) is 25.4 Å². The third kappa shape index (κ3) is 5.28. The van der Waals surface area contributed by atoms with Gasteiger partial charge in [-0.15, -0.1) is 0 Å². The van der Waals surface area contributed by atoms with E-state index in [4.69, 9.17) is 0 Å². The van der Waals surface area contributed by atoms with Crippen molar-refractivity contribution in [2.75, 3.05) is 25.5 Å². The van der Waals surface area contributed by atoms with Gasteiger partial charge in [0.2, 0.25) is 23.6 Å². The monoisotopic (exact) mass is 385 g/mol. The molecule has 7 nitrogen and oxygen atoms in total. The second-order valence-electron chi connectivity index (χ2n) is 6.03. The molecule has 1 fully saturated rings. The first-order valence-electron chi connectivity index (χ1n) is 8.13. The molecule has 1 aliphatic heterocycles. The SMILES string of the molecule is CN(CC(=O)Nc1ccccc1C(F)(F)F)C(=O)CCN1C(=O)CCC1=O. The van der Waals surface area contributed by atoms with E-state index in [-0.39, 0.29) is 37.6 Å². The van der Waals surface area contributed by atoms with Gasteiger partial charge in [-0.25, -0.2) is 0 Å². The van der Waals surface area contributed by atoms with Crippen molar-refractivity contribution in [1.29, 1.82) is 0 Å². The summed E-state index contributed by atoms with van der Waals surface area (Å²) in [7, 11) is 1.31. The van der Waals surface area contributed by atoms with Gasteiger partial charge in [0.15, 0.2) is 0 Å². The van der Waals surface area contributed by atoms with Gasteiger partial charge in [0.1, 0.15) is 0 Å². The van der Waals surface area contributed by atoms with E-state index in [0.717, 1.165) is 21.9 Å². The van der Waals surface area contributed by atoms with E-state index >= 15 is 0 Å². The molecule has 0 bridgehead atoms. The fourth-order valence-corrected chi connectivity index (χ4v) is 2.60. The van der Waals surface area contributed by atoms with Gasteiger partial charge < -0.3 is 10.2 Å². The van der Waals surface area contributed by atoms with Gasteiger partial charge in [-0.1, -0.05) is 12.1 Å². The van der Waals surface area contributed by atoms with E-state index < -0.39 is 35.8 Å². The van der Waals surface area contributed by atoms with E-state index in [1.54, 1.807) is 0 Å². The zero-order chi connectivity index (χ0) is 20.2. The number of nitrogens with zero attached hydrogens (tertiary/aromatic N) is 2. The number of likely N-dealkylation sites (tertiary alicyclic amines) is 1. The predicted octanol–water partition coefficient (Wildman–Crippen LogP) is 1.64. The molecule has 1 saturated heterocycles. The van der Waals surface area contributed by atoms with Crippen molar-refractivity contribution in [2.24, 2.45) is 0 Å². The number of benzene rings is 1. The van der Waals surface area contributed by atoms with Crippen LogP contribution in [0.15, 0.2) is 24.3 Å². The van der Waals surface area contributed by atoms with Crippen molar-refractivity contribution in [3.05, 3.63) is 29.8 Å². The highest BCUT2D eigenvalue weighted by Gasteiger charge is 2.33. The summed E-state index contributed by atoms with van der Waals surface area (Å²) in [4.78, 5) is 49.0. The summed E-state index contributed by atoms with van der Waals surface area (Å²) in [5.74, 6) is -2.01. The highest BCUT2D eigenvalue weighted by atomic mass is 19.4. The number of alkyl halides is 3. The average Bonchev–Trinajstić information content (AvgIpc) is 2.90. The van der Waals surface area contributed by atoms with Crippen LogP contribution in [0.5, 0.6) is 0 Å². The zero-order valence-corrected chi connectivity index (χ0v) is 14.5. The second kappa shape index (κ2) is 8.19. The number of carbonyl (C=O) groups excluding carboxylic acids is 4. The van der Waals surface area contributed by atoms with Gasteiger partial charge in [-0.3, -0.25) is 24.1 Å². The van der Waals surface area contributed by atoms with Gasteiger partial charge in [-0.05, 0) is 12.1 Å². The number of hydrogen-bond acceptors (Lipinski definition) is 4. The van der Waals surface area contributed by atoms with Crippen molar-refractivity contribution < 1.29 is 32.3 Å². The van der Waals surface area contributed by atoms with E-state index in [1.807, 2.05) is 0 Å². The molecule has 0 unspecified atom stereocenters. The summed E-state index contributed by atoms with van der Waals surface area (Å²) in [6, 6.07) is 4.51. The highest BCUT2D eigenvalue weighted by molar-refractivity contribution is 6.02. The minimum Gasteiger partial charge on any atom is -0.336 e. The lowest BCUT2D eigenvalue weighted by Crippen LogP contribution is -2.38. The van der Waals surface area contributed by atoms with Crippen LogP contribution in [0.25, 0.3) is 0 Å². The number of imide groups is 1. The molecule has 1 aromatic rings. The van der Waals surface area contributed by atoms with E-state index in [1.165, 1.54) is 19.2 Å². The number of anilines is 1. The molecular formula is C17H18F3N3O4. The minimum absolute atomic E-state index is 0.0840. The molecule has 4 amide bonds. The highest BCUT2D eigenvalue weighted by Crippen LogP contribution is 2.34. The molecule has 1 aromatic carbocycles. The summed E-state index contributed by atoms with van der Waals surface area (Å²) in [5.41, 5.74) is -1.39. The maximum Gasteiger partial charge on any atom is 0.418 e. The Morgan fingerprint density at radius 3 is 2.33 bits per heavy atom. The molecule has 0 atom stereocenters. The third-order valence-corrected chi connectivity index (χ3v) is 4.02. The molecule has 0 saturated carbocycles. The summed E-state index contributed by atoms with van der Waals surface area (Å²) in [6.45, 7) is -0.549. The summed E-state index contributed by atoms with van der Waals surface area (Å²) < 4.78 is 38.8. The number of rotatable bonds is 6. The number of amides is 4. The van der Waals surface area contributed by atoms with E-state index in [9.17, 15) is 32.3 Å². The van der Waals surface area contributed by atoms with Gasteiger partial charge in [0.25, 0.3) is 0 Å². The van der Waals surface area contributed by atoms with Crippen molar-refractivity contribution >= 4 is 29.3 Å². The van der Waals surface area contributed by atoms with Crippen LogP contribution in [0.4, 0.5) is 18.9 Å². The lowest BCUT2D eigenvalue weighted by Gasteiger charge is -2.20. The number of likely N-dealkylation sites (N-methyl/N-ethyl adjacent to an activating group) is 1. The Morgan fingerprint density at radius 2 is 1.74 bits per heavy atom. The molecular weight excluding hydrogens is 367 g/mol. The predicted molar refractivity (Wildman–Crippen MR) is 88.3 cm³/mol. The van der Waals surface area contributed by atoms with Crippen molar-refractivity contribution in [1.82, 2.24) is 9.80 Å². The quantitative estimate of drug-likeness (QED) is 0.755. The molecule has 0 aliphatic carbocycles. The van der Waals surface area contributed by atoms with Crippen molar-refractivity contribution in [3.8, 4) is 0 Å². The van der Waals surface area contributed by atoms with Gasteiger partial charge >= 0.3 is 6.18 Å². The number of nitrogens with one attached hydrogen (secondary N) is 1. The first-order valence-corrected chi connectivity index (χ1v) is 8.13. The summed E-state index contributed by atoms with van der Waals surface area (Å²) >= 11 is 0. The second-order valence-corrected chi connectivity index (χ2v) is 6.03. The summed E-state index contributed by atoms with van der Waals surface area (Å²) in [6.07, 6.45) is -4.56. The molecule has 0 spiro atoms. The fourth-order valence-electron chi connectivity index (χ4n) is 2.60. The van der Waals surface area contributed by atoms with Crippen LogP contribution in [0.2, 0.25) is 0 Å². The fraction of sp³-hybridized carbons (Fsp3) is 0.412. The molecule has 2 rings (SSSR count). The van der Waals surface area contributed by atoms with Crippen molar-refractivity contribution in [3.63, 3.8) is 0 Å². The molecule has 1 aliphatic rings. The maximum atomic E-state index is 12.9. The van der Waals surface area contributed by atoms with E-state index in [0.29, 0.717) is 0 Å². The Labute approximate surface area is 153 Å². The largest absolute Gasteiger partial charge is 0.418 e. The Balaban J connectivity index is 1.89. The van der Waals surface area contributed by atoms with Gasteiger partial charge in [-0.2, -0.15) is 13.2 Å². The number of halogens is 3. The minimum atomic E-state index is -4.62. The Hall–Kier alpha value is -2.91. The molecule has 27 heavy (non-hydrogen) atoms. The maximum absolute atomic E-state index is 12.9. The number of para-hydroxylation sites is 1. The van der Waals surface area contributed by atoms with Crippen LogP contribution < -0.4 is 5.32 Å². The van der Waals surface area contributed by atoms with E-state index in [2.05, 4.69) is 5.32 Å². The molecule has 10 heteroatoms. The average molecular weight is 385 g/mol. The van der Waals surface area contributed by atoms with Crippen LogP contribution >= 0.6 is 0 Å². The van der Waals surface area contributed by atoms with Crippen LogP contribution in [0, 0.1) is 0 Å². The van der Waals surface area contributed by atoms with Crippen molar-refractivity contribution in [2.45, 2.75) is 25.4 Å². The Kier molecular flexibility index (Phi) is 6.19. The standard InChI is InChI=1S/C17H18F3N3O4/c1-22(14(25)8-9-23-15(26)6-7-16(23)27)10-13(24)21-12-5-3-2-4-11(12)17(18,19)20/h2-5H,6-10H2,1H3,(H,21,24). The normalized spacial score (nSPS) is 14.4. The topological polar surface area (TPSA) is 86.8 Å². The van der Waals surface area contributed by atoms with Gasteiger partial charge in [0.05, 0.1) is 17.8 Å². The molecule has 0 radical (unpaired) electrons.